The highest BCUT2D eigenvalue weighted by Crippen LogP contribution is 2.30. The van der Waals surface area contributed by atoms with E-state index in [-0.39, 0.29) is 0 Å². The van der Waals surface area contributed by atoms with Gasteiger partial charge < -0.3 is 10.6 Å². The van der Waals surface area contributed by atoms with Crippen molar-refractivity contribution in [1.29, 1.82) is 5.26 Å². The Morgan fingerprint density at radius 2 is 2.06 bits per heavy atom. The van der Waals surface area contributed by atoms with Gasteiger partial charge in [0.2, 0.25) is 0 Å². The average Bonchev–Trinajstić information content (AvgIpc) is 2.81. The van der Waals surface area contributed by atoms with Gasteiger partial charge in [-0.05, 0) is 29.3 Å². The summed E-state index contributed by atoms with van der Waals surface area (Å²) in [6.45, 7) is 1.58. The predicted molar refractivity (Wildman–Crippen MR) is 69.7 cm³/mol. The molecule has 18 heavy (non-hydrogen) atoms. The van der Waals surface area contributed by atoms with Gasteiger partial charge in [-0.1, -0.05) is 6.07 Å². The number of nitrogen functional groups attached to an aromatic ring is 1. The molecule has 0 radical (unpaired) electrons. The molecule has 0 spiro atoms. The molecule has 0 atom stereocenters. The van der Waals surface area contributed by atoms with Crippen LogP contribution in [0.1, 0.15) is 16.7 Å². The van der Waals surface area contributed by atoms with Crippen LogP contribution in [0.2, 0.25) is 0 Å². The zero-order valence-electron chi connectivity index (χ0n) is 9.80. The molecule has 4 heteroatoms. The summed E-state index contributed by atoms with van der Waals surface area (Å²) in [5, 5.41) is 9.12. The van der Waals surface area contributed by atoms with Crippen LogP contribution in [0.3, 0.4) is 0 Å². The number of nitrogens with two attached hydrogens (primary N) is 1. The van der Waals surface area contributed by atoms with Gasteiger partial charge in [-0.15, -0.1) is 0 Å². The summed E-state index contributed by atoms with van der Waals surface area (Å²) in [5.41, 5.74) is 10.6. The first kappa shape index (κ1) is 10.6. The van der Waals surface area contributed by atoms with Gasteiger partial charge >= 0.3 is 0 Å². The van der Waals surface area contributed by atoms with E-state index in [4.69, 9.17) is 11.0 Å². The zero-order chi connectivity index (χ0) is 12.5. The summed E-state index contributed by atoms with van der Waals surface area (Å²) in [6, 6.07) is 9.91. The third-order valence-electron chi connectivity index (χ3n) is 3.21. The van der Waals surface area contributed by atoms with Crippen LogP contribution in [0.15, 0.2) is 36.7 Å². The number of hydrogen-bond donors (Lipinski definition) is 1. The number of nitrogens with zero attached hydrogens (tertiary/aromatic N) is 3. The van der Waals surface area contributed by atoms with Crippen LogP contribution < -0.4 is 10.6 Å². The Hall–Kier alpha value is -2.54. The van der Waals surface area contributed by atoms with E-state index in [2.05, 4.69) is 16.0 Å². The van der Waals surface area contributed by atoms with Crippen LogP contribution >= 0.6 is 0 Å². The predicted octanol–water partition coefficient (Wildman–Crippen LogP) is 2.06. The van der Waals surface area contributed by atoms with Crippen LogP contribution in [-0.2, 0) is 13.1 Å². The van der Waals surface area contributed by atoms with E-state index in [0.29, 0.717) is 5.56 Å². The Kier molecular flexibility index (Phi) is 2.38. The molecule has 88 valence electrons. The van der Waals surface area contributed by atoms with Crippen molar-refractivity contribution in [3.05, 3.63) is 53.3 Å². The summed E-state index contributed by atoms with van der Waals surface area (Å²) in [7, 11) is 0. The van der Waals surface area contributed by atoms with E-state index < -0.39 is 0 Å². The molecule has 1 aromatic carbocycles. The van der Waals surface area contributed by atoms with Gasteiger partial charge in [-0.2, -0.15) is 5.26 Å². The number of anilines is 2. The normalized spacial score (nSPS) is 13.2. The highest BCUT2D eigenvalue weighted by Gasteiger charge is 2.21. The first-order valence-electron chi connectivity index (χ1n) is 5.74. The Morgan fingerprint density at radius 3 is 2.89 bits per heavy atom. The molecular formula is C14H12N4. The second-order valence-corrected chi connectivity index (χ2v) is 4.39. The molecule has 4 nitrogen and oxygen atoms in total. The third kappa shape index (κ3) is 1.66. The van der Waals surface area contributed by atoms with Gasteiger partial charge in [-0.3, -0.25) is 4.98 Å². The second kappa shape index (κ2) is 4.04. The fraction of sp³-hybridized carbons (Fsp3) is 0.143. The molecule has 2 heterocycles. The molecule has 0 bridgehead atoms. The monoisotopic (exact) mass is 236 g/mol. The van der Waals surface area contributed by atoms with Crippen molar-refractivity contribution >= 4 is 11.4 Å². The summed E-state index contributed by atoms with van der Waals surface area (Å²) in [5.74, 6) is 0. The maximum atomic E-state index is 9.12. The molecule has 0 aliphatic carbocycles. The maximum Gasteiger partial charge on any atom is 0.101 e. The average molecular weight is 236 g/mol. The summed E-state index contributed by atoms with van der Waals surface area (Å²) < 4.78 is 0. The fourth-order valence-electron chi connectivity index (χ4n) is 2.32. The van der Waals surface area contributed by atoms with E-state index >= 15 is 0 Å². The molecule has 0 saturated heterocycles. The van der Waals surface area contributed by atoms with Crippen molar-refractivity contribution in [2.45, 2.75) is 13.1 Å². The second-order valence-electron chi connectivity index (χ2n) is 4.39. The number of aromatic nitrogens is 1. The lowest BCUT2D eigenvalue weighted by Crippen LogP contribution is -2.15. The van der Waals surface area contributed by atoms with Crippen LogP contribution in [0.4, 0.5) is 11.4 Å². The van der Waals surface area contributed by atoms with E-state index in [1.165, 1.54) is 11.1 Å². The van der Waals surface area contributed by atoms with Gasteiger partial charge in [0, 0.05) is 25.0 Å². The number of nitriles is 1. The van der Waals surface area contributed by atoms with Gasteiger partial charge in [-0.25, -0.2) is 0 Å². The molecule has 0 saturated carbocycles. The number of pyridine rings is 1. The van der Waals surface area contributed by atoms with Gasteiger partial charge in [0.15, 0.2) is 0 Å². The van der Waals surface area contributed by atoms with Crippen LogP contribution in [0.25, 0.3) is 0 Å². The van der Waals surface area contributed by atoms with Crippen molar-refractivity contribution in [2.75, 3.05) is 10.6 Å². The minimum absolute atomic E-state index is 0.658. The Bertz CT molecular complexity index is 642. The van der Waals surface area contributed by atoms with Crippen molar-refractivity contribution in [3.63, 3.8) is 0 Å². The zero-order valence-corrected chi connectivity index (χ0v) is 9.80. The topological polar surface area (TPSA) is 65.9 Å². The standard InChI is InChI=1S/C14H12N4/c15-6-10-3-4-17-7-14(10)18-8-11-1-2-13(16)5-12(11)9-18/h1-5,7H,8-9,16H2. The van der Waals surface area contributed by atoms with E-state index in [1.807, 2.05) is 18.2 Å². The number of fused-ring (bicyclic) bond motifs is 1. The van der Waals surface area contributed by atoms with Crippen LogP contribution in [0.5, 0.6) is 0 Å². The van der Waals surface area contributed by atoms with Gasteiger partial charge in [0.05, 0.1) is 17.4 Å². The van der Waals surface area contributed by atoms with Crippen LogP contribution in [-0.4, -0.2) is 4.98 Å². The minimum atomic E-state index is 0.658. The third-order valence-corrected chi connectivity index (χ3v) is 3.21. The van der Waals surface area contributed by atoms with Crippen molar-refractivity contribution in [1.82, 2.24) is 4.98 Å². The molecule has 0 fully saturated rings. The van der Waals surface area contributed by atoms with Gasteiger partial charge in [0.1, 0.15) is 6.07 Å². The largest absolute Gasteiger partial charge is 0.399 e. The lowest BCUT2D eigenvalue weighted by Gasteiger charge is -2.18. The van der Waals surface area contributed by atoms with Crippen molar-refractivity contribution in [2.24, 2.45) is 0 Å². The lowest BCUT2D eigenvalue weighted by atomic mass is 10.1. The van der Waals surface area contributed by atoms with E-state index in [0.717, 1.165) is 24.5 Å². The van der Waals surface area contributed by atoms with Crippen molar-refractivity contribution < 1.29 is 0 Å². The van der Waals surface area contributed by atoms with Gasteiger partial charge in [0.25, 0.3) is 0 Å². The molecule has 1 aliphatic heterocycles. The molecule has 0 amide bonds. The van der Waals surface area contributed by atoms with E-state index in [9.17, 15) is 0 Å². The molecule has 3 rings (SSSR count). The molecule has 2 aromatic rings. The molecule has 1 aliphatic rings. The Labute approximate surface area is 105 Å². The SMILES string of the molecule is N#Cc1ccncc1N1Cc2ccc(N)cc2C1. The molecule has 2 N–H and O–H groups in total. The van der Waals surface area contributed by atoms with E-state index in [1.54, 1.807) is 18.5 Å². The maximum absolute atomic E-state index is 9.12. The number of hydrogen-bond acceptors (Lipinski definition) is 4. The Balaban J connectivity index is 1.97. The first-order chi connectivity index (χ1) is 8.78. The van der Waals surface area contributed by atoms with Crippen LogP contribution in [0, 0.1) is 11.3 Å². The fourth-order valence-corrected chi connectivity index (χ4v) is 2.32. The Morgan fingerprint density at radius 1 is 1.22 bits per heavy atom. The molecule has 0 unspecified atom stereocenters. The quantitative estimate of drug-likeness (QED) is 0.769. The molecular weight excluding hydrogens is 224 g/mol. The summed E-state index contributed by atoms with van der Waals surface area (Å²) >= 11 is 0. The summed E-state index contributed by atoms with van der Waals surface area (Å²) in [6.07, 6.45) is 3.39. The van der Waals surface area contributed by atoms with Crippen molar-refractivity contribution in [3.8, 4) is 6.07 Å². The number of rotatable bonds is 1. The minimum Gasteiger partial charge on any atom is -0.399 e. The highest BCUT2D eigenvalue weighted by molar-refractivity contribution is 5.61. The number of benzene rings is 1. The lowest BCUT2D eigenvalue weighted by molar-refractivity contribution is 0.873. The summed E-state index contributed by atoms with van der Waals surface area (Å²) in [4.78, 5) is 6.25. The smallest absolute Gasteiger partial charge is 0.101 e. The molecule has 1 aromatic heterocycles. The first-order valence-corrected chi connectivity index (χ1v) is 5.74. The highest BCUT2D eigenvalue weighted by atomic mass is 15.2.